The summed E-state index contributed by atoms with van der Waals surface area (Å²) in [5.74, 6) is 1.04. The monoisotopic (exact) mass is 349 g/mol. The first-order chi connectivity index (χ1) is 11.5. The number of carbonyl (C=O) groups is 2. The van der Waals surface area contributed by atoms with Crippen LogP contribution in [0.4, 0.5) is 0 Å². The Labute approximate surface area is 146 Å². The second-order valence-corrected chi connectivity index (χ2v) is 6.59. The van der Waals surface area contributed by atoms with Crippen molar-refractivity contribution < 1.29 is 14.3 Å². The third kappa shape index (κ3) is 4.08. The molecule has 130 valence electrons. The van der Waals surface area contributed by atoms with Gasteiger partial charge in [-0.1, -0.05) is 12.1 Å². The standard InChI is InChI=1S/C17H23N3O3S/c1-12(2)19(10-17(22)23-3)16(21)9-20-14-8-6-5-7-13(14)18-15(20)11-24-4/h5-8,12H,9-11H2,1-4H3. The number of amides is 1. The molecule has 0 saturated carbocycles. The number of fused-ring (bicyclic) bond motifs is 1. The lowest BCUT2D eigenvalue weighted by atomic mass is 10.3. The number of aromatic nitrogens is 2. The van der Waals surface area contributed by atoms with Crippen LogP contribution in [0.5, 0.6) is 0 Å². The SMILES string of the molecule is COC(=O)CN(C(=O)Cn1c(CSC)nc2ccccc21)C(C)C. The first kappa shape index (κ1) is 18.3. The summed E-state index contributed by atoms with van der Waals surface area (Å²) in [6, 6.07) is 7.68. The molecule has 1 amide bonds. The highest BCUT2D eigenvalue weighted by atomic mass is 32.2. The zero-order valence-electron chi connectivity index (χ0n) is 14.5. The highest BCUT2D eigenvalue weighted by Gasteiger charge is 2.22. The lowest BCUT2D eigenvalue weighted by Gasteiger charge is -2.26. The van der Waals surface area contributed by atoms with Crippen LogP contribution in [0.25, 0.3) is 11.0 Å². The highest BCUT2D eigenvalue weighted by Crippen LogP contribution is 2.19. The topological polar surface area (TPSA) is 64.4 Å². The number of benzene rings is 1. The maximum absolute atomic E-state index is 12.8. The Morgan fingerprint density at radius 1 is 1.33 bits per heavy atom. The largest absolute Gasteiger partial charge is 0.468 e. The van der Waals surface area contributed by atoms with Gasteiger partial charge in [-0.2, -0.15) is 11.8 Å². The fourth-order valence-electron chi connectivity index (χ4n) is 2.53. The number of nitrogens with zero attached hydrogens (tertiary/aromatic N) is 3. The molecule has 1 aromatic carbocycles. The number of thioether (sulfide) groups is 1. The Bertz CT molecular complexity index is 727. The minimum atomic E-state index is -0.420. The van der Waals surface area contributed by atoms with Crippen LogP contribution in [-0.4, -0.2) is 52.3 Å². The molecular formula is C17H23N3O3S. The third-order valence-corrected chi connectivity index (χ3v) is 4.32. The van der Waals surface area contributed by atoms with Gasteiger partial charge in [-0.25, -0.2) is 4.98 Å². The summed E-state index contributed by atoms with van der Waals surface area (Å²) in [4.78, 5) is 30.5. The van der Waals surface area contributed by atoms with Crippen molar-refractivity contribution in [2.24, 2.45) is 0 Å². The van der Waals surface area contributed by atoms with Gasteiger partial charge in [-0.05, 0) is 32.2 Å². The summed E-state index contributed by atoms with van der Waals surface area (Å²) in [6.07, 6.45) is 2.00. The summed E-state index contributed by atoms with van der Waals surface area (Å²) in [7, 11) is 1.32. The molecule has 2 aromatic rings. The van der Waals surface area contributed by atoms with E-state index in [1.165, 1.54) is 12.0 Å². The van der Waals surface area contributed by atoms with Crippen molar-refractivity contribution in [3.63, 3.8) is 0 Å². The molecule has 0 fully saturated rings. The minimum absolute atomic E-state index is 0.0442. The van der Waals surface area contributed by atoms with Gasteiger partial charge in [0.1, 0.15) is 18.9 Å². The van der Waals surface area contributed by atoms with E-state index in [2.05, 4.69) is 4.98 Å². The van der Waals surface area contributed by atoms with Gasteiger partial charge in [0.05, 0.1) is 23.9 Å². The van der Waals surface area contributed by atoms with E-state index in [1.54, 1.807) is 11.8 Å². The van der Waals surface area contributed by atoms with E-state index in [0.717, 1.165) is 22.6 Å². The Morgan fingerprint density at radius 3 is 2.67 bits per heavy atom. The van der Waals surface area contributed by atoms with Gasteiger partial charge in [0.2, 0.25) is 5.91 Å². The average molecular weight is 349 g/mol. The molecular weight excluding hydrogens is 326 g/mol. The summed E-state index contributed by atoms with van der Waals surface area (Å²) < 4.78 is 6.62. The number of methoxy groups -OCH3 is 1. The molecule has 2 rings (SSSR count). The number of ether oxygens (including phenoxy) is 1. The molecule has 0 saturated heterocycles. The number of esters is 1. The first-order valence-corrected chi connectivity index (χ1v) is 9.16. The van der Waals surface area contributed by atoms with Crippen molar-refractivity contribution >= 4 is 34.7 Å². The van der Waals surface area contributed by atoms with Gasteiger partial charge in [-0.15, -0.1) is 0 Å². The molecule has 0 N–H and O–H groups in total. The summed E-state index contributed by atoms with van der Waals surface area (Å²) in [5, 5.41) is 0. The number of hydrogen-bond donors (Lipinski definition) is 0. The smallest absolute Gasteiger partial charge is 0.325 e. The third-order valence-electron chi connectivity index (χ3n) is 3.77. The van der Waals surface area contributed by atoms with Crippen molar-refractivity contribution in [2.75, 3.05) is 19.9 Å². The molecule has 24 heavy (non-hydrogen) atoms. The lowest BCUT2D eigenvalue weighted by molar-refractivity contribution is -0.148. The van der Waals surface area contributed by atoms with Crippen LogP contribution in [0, 0.1) is 0 Å². The lowest BCUT2D eigenvalue weighted by Crippen LogP contribution is -2.42. The number of imidazole rings is 1. The van der Waals surface area contributed by atoms with Gasteiger partial charge < -0.3 is 14.2 Å². The molecule has 1 aromatic heterocycles. The van der Waals surface area contributed by atoms with E-state index >= 15 is 0 Å². The van der Waals surface area contributed by atoms with Crippen LogP contribution in [-0.2, 0) is 26.6 Å². The van der Waals surface area contributed by atoms with Crippen LogP contribution in [0.2, 0.25) is 0 Å². The number of rotatable bonds is 7. The predicted octanol–water partition coefficient (Wildman–Crippen LogP) is 2.31. The summed E-state index contributed by atoms with van der Waals surface area (Å²) in [5.41, 5.74) is 1.80. The predicted molar refractivity (Wildman–Crippen MR) is 95.8 cm³/mol. The number of carbonyl (C=O) groups excluding carboxylic acids is 2. The molecule has 0 unspecified atom stereocenters. The zero-order chi connectivity index (χ0) is 17.7. The van der Waals surface area contributed by atoms with Crippen LogP contribution in [0.1, 0.15) is 19.7 Å². The summed E-state index contributed by atoms with van der Waals surface area (Å²) in [6.45, 7) is 3.88. The van der Waals surface area contributed by atoms with Gasteiger partial charge >= 0.3 is 5.97 Å². The van der Waals surface area contributed by atoms with Crippen LogP contribution >= 0.6 is 11.8 Å². The fraction of sp³-hybridized carbons (Fsp3) is 0.471. The van der Waals surface area contributed by atoms with E-state index in [1.807, 2.05) is 48.9 Å². The van der Waals surface area contributed by atoms with E-state index in [4.69, 9.17) is 4.74 Å². The van der Waals surface area contributed by atoms with Crippen molar-refractivity contribution in [3.05, 3.63) is 30.1 Å². The van der Waals surface area contributed by atoms with E-state index in [0.29, 0.717) is 0 Å². The fourth-order valence-corrected chi connectivity index (χ4v) is 3.01. The van der Waals surface area contributed by atoms with Crippen molar-refractivity contribution in [2.45, 2.75) is 32.2 Å². The molecule has 7 heteroatoms. The average Bonchev–Trinajstić information content (AvgIpc) is 2.90. The molecule has 0 aliphatic rings. The van der Waals surface area contributed by atoms with E-state index in [-0.39, 0.29) is 25.0 Å². The van der Waals surface area contributed by atoms with Crippen molar-refractivity contribution in [1.29, 1.82) is 0 Å². The van der Waals surface area contributed by atoms with Gasteiger partial charge in [0.15, 0.2) is 0 Å². The van der Waals surface area contributed by atoms with E-state index < -0.39 is 5.97 Å². The van der Waals surface area contributed by atoms with Gasteiger partial charge in [-0.3, -0.25) is 9.59 Å². The Kier molecular flexibility index (Phi) is 6.25. The molecule has 0 spiro atoms. The molecule has 0 radical (unpaired) electrons. The van der Waals surface area contributed by atoms with E-state index in [9.17, 15) is 9.59 Å². The molecule has 1 heterocycles. The van der Waals surface area contributed by atoms with Gasteiger partial charge in [0, 0.05) is 6.04 Å². The van der Waals surface area contributed by atoms with Crippen LogP contribution in [0.3, 0.4) is 0 Å². The Morgan fingerprint density at radius 2 is 2.04 bits per heavy atom. The first-order valence-electron chi connectivity index (χ1n) is 7.77. The maximum Gasteiger partial charge on any atom is 0.325 e. The maximum atomic E-state index is 12.8. The number of hydrogen-bond acceptors (Lipinski definition) is 5. The quantitative estimate of drug-likeness (QED) is 0.718. The van der Waals surface area contributed by atoms with Crippen LogP contribution in [0.15, 0.2) is 24.3 Å². The molecule has 0 aliphatic carbocycles. The normalized spacial score (nSPS) is 11.0. The molecule has 6 nitrogen and oxygen atoms in total. The van der Waals surface area contributed by atoms with Crippen molar-refractivity contribution in [1.82, 2.24) is 14.5 Å². The molecule has 0 atom stereocenters. The minimum Gasteiger partial charge on any atom is -0.468 e. The van der Waals surface area contributed by atoms with Crippen LogP contribution < -0.4 is 0 Å². The van der Waals surface area contributed by atoms with Crippen molar-refractivity contribution in [3.8, 4) is 0 Å². The Balaban J connectivity index is 2.31. The second kappa shape index (κ2) is 8.19. The molecule has 0 aliphatic heterocycles. The Hall–Kier alpha value is -2.02. The second-order valence-electron chi connectivity index (χ2n) is 5.73. The number of para-hydroxylation sites is 2. The summed E-state index contributed by atoms with van der Waals surface area (Å²) >= 11 is 1.66. The molecule has 0 bridgehead atoms. The zero-order valence-corrected chi connectivity index (χ0v) is 15.3. The van der Waals surface area contributed by atoms with Gasteiger partial charge in [0.25, 0.3) is 0 Å². The highest BCUT2D eigenvalue weighted by molar-refractivity contribution is 7.97.